The van der Waals surface area contributed by atoms with Crippen LogP contribution < -0.4 is 15.4 Å². The Morgan fingerprint density at radius 3 is 2.50 bits per heavy atom. The van der Waals surface area contributed by atoms with E-state index in [1.807, 2.05) is 13.8 Å². The molecular weight excluding hydrogens is 400 g/mol. The molecule has 0 saturated heterocycles. The van der Waals surface area contributed by atoms with Crippen molar-refractivity contribution in [3.8, 4) is 17.0 Å². The van der Waals surface area contributed by atoms with Crippen molar-refractivity contribution in [1.29, 1.82) is 0 Å². The molecule has 0 amide bonds. The van der Waals surface area contributed by atoms with Crippen molar-refractivity contribution < 1.29 is 22.3 Å². The Bertz CT molecular complexity index is 1010. The molecule has 3 rings (SSSR count). The zero-order valence-corrected chi connectivity index (χ0v) is 16.3. The maximum Gasteiger partial charge on any atom is 0.573 e. The van der Waals surface area contributed by atoms with Crippen molar-refractivity contribution in [2.75, 3.05) is 10.6 Å². The monoisotopic (exact) mass is 420 g/mol. The van der Waals surface area contributed by atoms with Gasteiger partial charge in [-0.3, -0.25) is 0 Å². The molecule has 0 radical (unpaired) electrons. The van der Waals surface area contributed by atoms with E-state index in [2.05, 4.69) is 25.3 Å². The maximum atomic E-state index is 13.5. The third kappa shape index (κ3) is 6.07. The van der Waals surface area contributed by atoms with Crippen LogP contribution in [-0.2, 0) is 0 Å². The van der Waals surface area contributed by atoms with Gasteiger partial charge in [-0.25, -0.2) is 9.37 Å². The van der Waals surface area contributed by atoms with Crippen molar-refractivity contribution in [2.45, 2.75) is 32.7 Å². The van der Waals surface area contributed by atoms with Crippen LogP contribution >= 0.6 is 0 Å². The summed E-state index contributed by atoms with van der Waals surface area (Å²) in [6, 6.07) is 13.0. The number of hydrogen-bond donors (Lipinski definition) is 2. The fourth-order valence-electron chi connectivity index (χ4n) is 2.61. The minimum absolute atomic E-state index is 0.0715. The van der Waals surface area contributed by atoms with Crippen molar-refractivity contribution in [3.05, 3.63) is 60.4 Å². The Balaban J connectivity index is 1.98. The van der Waals surface area contributed by atoms with Crippen LogP contribution in [-0.4, -0.2) is 22.4 Å². The average Bonchev–Trinajstić information content (AvgIpc) is 2.66. The molecule has 0 bridgehead atoms. The summed E-state index contributed by atoms with van der Waals surface area (Å²) in [5, 5.41) is 6.14. The summed E-state index contributed by atoms with van der Waals surface area (Å²) >= 11 is 0. The van der Waals surface area contributed by atoms with Gasteiger partial charge >= 0.3 is 6.36 Å². The Morgan fingerprint density at radius 1 is 1.03 bits per heavy atom. The van der Waals surface area contributed by atoms with Crippen LogP contribution in [0.3, 0.4) is 0 Å². The topological polar surface area (TPSA) is 59.1 Å². The third-order valence-electron chi connectivity index (χ3n) is 4.17. The summed E-state index contributed by atoms with van der Waals surface area (Å²) in [5.41, 5.74) is 1.26. The number of ether oxygens (including phenoxy) is 1. The van der Waals surface area contributed by atoms with Gasteiger partial charge in [0, 0.05) is 23.4 Å². The number of hydrogen-bond acceptors (Lipinski definition) is 5. The van der Waals surface area contributed by atoms with Crippen LogP contribution in [0.5, 0.6) is 5.75 Å². The van der Waals surface area contributed by atoms with E-state index in [4.69, 9.17) is 0 Å². The van der Waals surface area contributed by atoms with Gasteiger partial charge in [0.15, 0.2) is 0 Å². The van der Waals surface area contributed by atoms with Crippen LogP contribution in [0.4, 0.5) is 35.0 Å². The van der Waals surface area contributed by atoms with E-state index in [1.54, 1.807) is 24.3 Å². The molecule has 158 valence electrons. The Hall–Kier alpha value is -3.36. The molecule has 0 aliphatic carbocycles. The first-order valence-electron chi connectivity index (χ1n) is 9.26. The van der Waals surface area contributed by atoms with Crippen molar-refractivity contribution >= 4 is 17.5 Å². The van der Waals surface area contributed by atoms with Gasteiger partial charge in [-0.1, -0.05) is 25.1 Å². The first-order chi connectivity index (χ1) is 14.2. The molecule has 0 spiro atoms. The van der Waals surface area contributed by atoms with Gasteiger partial charge in [-0.05, 0) is 43.7 Å². The van der Waals surface area contributed by atoms with Crippen molar-refractivity contribution in [1.82, 2.24) is 9.97 Å². The predicted octanol–water partition coefficient (Wildman–Crippen LogP) is 6.14. The molecule has 3 aromatic rings. The van der Waals surface area contributed by atoms with E-state index < -0.39 is 12.2 Å². The molecule has 0 saturated carbocycles. The highest BCUT2D eigenvalue weighted by molar-refractivity contribution is 5.68. The van der Waals surface area contributed by atoms with Crippen LogP contribution in [0.15, 0.2) is 54.6 Å². The molecule has 1 atom stereocenters. The van der Waals surface area contributed by atoms with E-state index in [-0.39, 0.29) is 11.8 Å². The highest BCUT2D eigenvalue weighted by Gasteiger charge is 2.31. The second-order valence-electron chi connectivity index (χ2n) is 6.63. The highest BCUT2D eigenvalue weighted by atomic mass is 19.4. The molecule has 0 unspecified atom stereocenters. The van der Waals surface area contributed by atoms with Crippen LogP contribution in [0.25, 0.3) is 11.3 Å². The van der Waals surface area contributed by atoms with Gasteiger partial charge in [-0.15, -0.1) is 13.2 Å². The third-order valence-corrected chi connectivity index (χ3v) is 4.17. The molecule has 2 N–H and O–H groups in total. The molecule has 1 aromatic heterocycles. The van der Waals surface area contributed by atoms with Gasteiger partial charge in [0.25, 0.3) is 0 Å². The zero-order chi connectivity index (χ0) is 21.7. The minimum atomic E-state index is -4.79. The number of anilines is 3. The van der Waals surface area contributed by atoms with Crippen molar-refractivity contribution in [2.24, 2.45) is 0 Å². The van der Waals surface area contributed by atoms with Crippen LogP contribution in [0.1, 0.15) is 20.3 Å². The lowest BCUT2D eigenvalue weighted by atomic mass is 10.1. The Labute approximate surface area is 171 Å². The number of halogens is 4. The fraction of sp³-hybridized carbons (Fsp3) is 0.238. The number of alkyl halides is 3. The minimum Gasteiger partial charge on any atom is -0.406 e. The average molecular weight is 420 g/mol. The zero-order valence-electron chi connectivity index (χ0n) is 16.3. The summed E-state index contributed by atoms with van der Waals surface area (Å²) in [6.07, 6.45) is -3.98. The van der Waals surface area contributed by atoms with Gasteiger partial charge in [0.1, 0.15) is 17.4 Å². The van der Waals surface area contributed by atoms with E-state index in [0.717, 1.165) is 6.42 Å². The Morgan fingerprint density at radius 2 is 1.80 bits per heavy atom. The normalized spacial score (nSPS) is 12.3. The number of benzene rings is 2. The summed E-state index contributed by atoms with van der Waals surface area (Å²) in [5.74, 6) is -0.111. The van der Waals surface area contributed by atoms with Gasteiger partial charge < -0.3 is 15.4 Å². The number of nitrogens with one attached hydrogen (secondary N) is 2. The lowest BCUT2D eigenvalue weighted by Crippen LogP contribution is -2.17. The van der Waals surface area contributed by atoms with E-state index in [0.29, 0.717) is 28.7 Å². The molecule has 30 heavy (non-hydrogen) atoms. The quantitative estimate of drug-likeness (QED) is 0.450. The van der Waals surface area contributed by atoms with E-state index in [1.165, 1.54) is 30.3 Å². The number of aromatic nitrogens is 2. The first-order valence-corrected chi connectivity index (χ1v) is 9.26. The van der Waals surface area contributed by atoms with Gasteiger partial charge in [0.2, 0.25) is 5.95 Å². The second kappa shape index (κ2) is 8.98. The van der Waals surface area contributed by atoms with Gasteiger partial charge in [0.05, 0.1) is 5.69 Å². The smallest absolute Gasteiger partial charge is 0.406 e. The lowest BCUT2D eigenvalue weighted by Gasteiger charge is -2.15. The molecule has 9 heteroatoms. The molecule has 0 aliphatic heterocycles. The molecule has 2 aromatic carbocycles. The summed E-state index contributed by atoms with van der Waals surface area (Å²) in [6.45, 7) is 3.94. The number of nitrogens with zero attached hydrogens (tertiary/aromatic N) is 2. The standard InChI is InChI=1S/C21H20F4N4O/c1-3-13(2)26-20-28-18(14-6-4-9-17(10-14)30-21(23,24)25)12-19(29-20)27-16-8-5-7-15(22)11-16/h4-13H,3H2,1-2H3,(H2,26,27,28,29)/t13-/m0/s1. The summed E-state index contributed by atoms with van der Waals surface area (Å²) in [7, 11) is 0. The lowest BCUT2D eigenvalue weighted by molar-refractivity contribution is -0.274. The number of rotatable bonds is 7. The van der Waals surface area contributed by atoms with E-state index >= 15 is 0 Å². The van der Waals surface area contributed by atoms with Gasteiger partial charge in [-0.2, -0.15) is 4.98 Å². The molecule has 0 fully saturated rings. The largest absolute Gasteiger partial charge is 0.573 e. The molecule has 0 aliphatic rings. The van der Waals surface area contributed by atoms with Crippen molar-refractivity contribution in [3.63, 3.8) is 0 Å². The first kappa shape index (κ1) is 21.4. The maximum absolute atomic E-state index is 13.5. The molecule has 5 nitrogen and oxygen atoms in total. The second-order valence-corrected chi connectivity index (χ2v) is 6.63. The summed E-state index contributed by atoms with van der Waals surface area (Å²) < 4.78 is 55.2. The fourth-order valence-corrected chi connectivity index (χ4v) is 2.61. The molecule has 1 heterocycles. The van der Waals surface area contributed by atoms with Crippen LogP contribution in [0, 0.1) is 5.82 Å². The SMILES string of the molecule is CC[C@H](C)Nc1nc(Nc2cccc(F)c2)cc(-c2cccc(OC(F)(F)F)c2)n1. The molecular formula is C21H20F4N4O. The predicted molar refractivity (Wildman–Crippen MR) is 107 cm³/mol. The van der Waals surface area contributed by atoms with Crippen LogP contribution in [0.2, 0.25) is 0 Å². The summed E-state index contributed by atoms with van der Waals surface area (Å²) in [4.78, 5) is 8.80. The highest BCUT2D eigenvalue weighted by Crippen LogP contribution is 2.29. The van der Waals surface area contributed by atoms with E-state index in [9.17, 15) is 17.6 Å². The Kier molecular flexibility index (Phi) is 6.39.